The molecule has 5 nitrogen and oxygen atoms in total. The number of amides is 2. The van der Waals surface area contributed by atoms with E-state index in [1.807, 2.05) is 13.8 Å². The van der Waals surface area contributed by atoms with Crippen molar-refractivity contribution in [2.45, 2.75) is 45.6 Å². The first-order valence-corrected chi connectivity index (χ1v) is 5.39. The number of carboxylic acids is 1. The number of carbonyl (C=O) groups is 2. The molecule has 0 unspecified atom stereocenters. The van der Waals surface area contributed by atoms with Crippen molar-refractivity contribution in [2.75, 3.05) is 6.54 Å². The van der Waals surface area contributed by atoms with Gasteiger partial charge in [0.1, 0.15) is 6.04 Å². The van der Waals surface area contributed by atoms with E-state index in [-0.39, 0.29) is 0 Å². The van der Waals surface area contributed by atoms with Crippen LogP contribution >= 0.6 is 0 Å². The molecular formula is C10H20N2O3. The summed E-state index contributed by atoms with van der Waals surface area (Å²) in [5.74, 6) is -0.984. The largest absolute Gasteiger partial charge is 0.480 e. The number of aliphatic carboxylic acids is 1. The number of carboxylic acid groups (broad SMARTS) is 1. The molecule has 0 fully saturated rings. The fraction of sp³-hybridized carbons (Fsp3) is 0.800. The number of hydrogen-bond acceptors (Lipinski definition) is 2. The molecule has 0 radical (unpaired) electrons. The number of rotatable bonds is 7. The Hall–Kier alpha value is -1.26. The normalized spacial score (nSPS) is 11.9. The van der Waals surface area contributed by atoms with Crippen LogP contribution in [0.15, 0.2) is 0 Å². The third kappa shape index (κ3) is 6.76. The molecule has 1 atom stereocenters. The van der Waals surface area contributed by atoms with E-state index in [1.54, 1.807) is 0 Å². The second kappa shape index (κ2) is 8.08. The zero-order valence-electron chi connectivity index (χ0n) is 9.38. The van der Waals surface area contributed by atoms with Crippen LogP contribution in [0.3, 0.4) is 0 Å². The van der Waals surface area contributed by atoms with Gasteiger partial charge in [0.2, 0.25) is 0 Å². The molecule has 0 aliphatic heterocycles. The third-order valence-electron chi connectivity index (χ3n) is 2.00. The molecule has 2 amide bonds. The molecule has 0 aromatic carbocycles. The van der Waals surface area contributed by atoms with Crippen molar-refractivity contribution in [2.24, 2.45) is 0 Å². The average Bonchev–Trinajstić information content (AvgIpc) is 2.17. The molecule has 5 heteroatoms. The van der Waals surface area contributed by atoms with Gasteiger partial charge in [-0.3, -0.25) is 0 Å². The van der Waals surface area contributed by atoms with E-state index >= 15 is 0 Å². The van der Waals surface area contributed by atoms with E-state index in [2.05, 4.69) is 10.6 Å². The Morgan fingerprint density at radius 1 is 1.27 bits per heavy atom. The quantitative estimate of drug-likeness (QED) is 0.562. The molecule has 0 aliphatic rings. The summed E-state index contributed by atoms with van der Waals surface area (Å²) in [5.41, 5.74) is 0. The van der Waals surface area contributed by atoms with Crippen LogP contribution in [0.2, 0.25) is 0 Å². The van der Waals surface area contributed by atoms with E-state index in [9.17, 15) is 9.59 Å². The SMILES string of the molecule is CCCCNC(=O)N[C@H](CCC)C(=O)O. The van der Waals surface area contributed by atoms with Gasteiger partial charge >= 0.3 is 12.0 Å². The number of unbranched alkanes of at least 4 members (excludes halogenated alkanes) is 1. The lowest BCUT2D eigenvalue weighted by Crippen LogP contribution is -2.46. The highest BCUT2D eigenvalue weighted by Crippen LogP contribution is 1.96. The fourth-order valence-electron chi connectivity index (χ4n) is 1.13. The maximum absolute atomic E-state index is 11.2. The van der Waals surface area contributed by atoms with E-state index in [1.165, 1.54) is 0 Å². The first-order valence-electron chi connectivity index (χ1n) is 5.39. The standard InChI is InChI=1S/C10H20N2O3/c1-3-5-7-11-10(15)12-8(6-4-2)9(13)14/h8H,3-7H2,1-2H3,(H,13,14)(H2,11,12,15)/t8-/m1/s1. The lowest BCUT2D eigenvalue weighted by molar-refractivity contribution is -0.139. The van der Waals surface area contributed by atoms with Gasteiger partial charge in [-0.1, -0.05) is 26.7 Å². The summed E-state index contributed by atoms with van der Waals surface area (Å²) in [6.45, 7) is 4.49. The maximum atomic E-state index is 11.2. The molecule has 0 aliphatic carbocycles. The molecule has 0 rings (SSSR count). The van der Waals surface area contributed by atoms with Gasteiger partial charge in [-0.25, -0.2) is 9.59 Å². The zero-order chi connectivity index (χ0) is 11.7. The highest BCUT2D eigenvalue weighted by atomic mass is 16.4. The van der Waals surface area contributed by atoms with Crippen LogP contribution in [-0.4, -0.2) is 29.7 Å². The minimum Gasteiger partial charge on any atom is -0.480 e. The Morgan fingerprint density at radius 2 is 1.93 bits per heavy atom. The molecule has 0 aromatic rings. The van der Waals surface area contributed by atoms with Crippen LogP contribution in [0.5, 0.6) is 0 Å². The number of hydrogen-bond donors (Lipinski definition) is 3. The zero-order valence-corrected chi connectivity index (χ0v) is 9.38. The van der Waals surface area contributed by atoms with Crippen LogP contribution in [0.25, 0.3) is 0 Å². The molecule has 3 N–H and O–H groups in total. The smallest absolute Gasteiger partial charge is 0.326 e. The maximum Gasteiger partial charge on any atom is 0.326 e. The lowest BCUT2D eigenvalue weighted by atomic mass is 10.2. The Bertz CT molecular complexity index is 207. The van der Waals surface area contributed by atoms with Crippen molar-refractivity contribution < 1.29 is 14.7 Å². The molecule has 0 spiro atoms. The van der Waals surface area contributed by atoms with Gasteiger partial charge in [0.05, 0.1) is 0 Å². The van der Waals surface area contributed by atoms with Gasteiger partial charge in [0.25, 0.3) is 0 Å². The molecular weight excluding hydrogens is 196 g/mol. The molecule has 15 heavy (non-hydrogen) atoms. The van der Waals surface area contributed by atoms with Crippen molar-refractivity contribution >= 4 is 12.0 Å². The predicted octanol–water partition coefficient (Wildman–Crippen LogP) is 1.34. The third-order valence-corrected chi connectivity index (χ3v) is 2.00. The molecule has 0 aromatic heterocycles. The van der Waals surface area contributed by atoms with Crippen LogP contribution in [-0.2, 0) is 4.79 Å². The minimum absolute atomic E-state index is 0.399. The summed E-state index contributed by atoms with van der Waals surface area (Å²) in [6.07, 6.45) is 3.08. The number of urea groups is 1. The van der Waals surface area contributed by atoms with E-state index in [0.717, 1.165) is 19.3 Å². The van der Waals surface area contributed by atoms with Gasteiger partial charge in [0.15, 0.2) is 0 Å². The molecule has 0 bridgehead atoms. The number of carbonyl (C=O) groups excluding carboxylic acids is 1. The summed E-state index contributed by atoms with van der Waals surface area (Å²) in [6, 6.07) is -1.18. The fourth-order valence-corrected chi connectivity index (χ4v) is 1.13. The van der Waals surface area contributed by atoms with E-state index < -0.39 is 18.0 Å². The van der Waals surface area contributed by atoms with Crippen LogP contribution in [0.1, 0.15) is 39.5 Å². The van der Waals surface area contributed by atoms with Crippen molar-refractivity contribution in [3.8, 4) is 0 Å². The average molecular weight is 216 g/mol. The van der Waals surface area contributed by atoms with Crippen LogP contribution in [0.4, 0.5) is 4.79 Å². The monoisotopic (exact) mass is 216 g/mol. The Balaban J connectivity index is 3.84. The first kappa shape index (κ1) is 13.7. The molecule has 0 saturated heterocycles. The van der Waals surface area contributed by atoms with E-state index in [4.69, 9.17) is 5.11 Å². The highest BCUT2D eigenvalue weighted by molar-refractivity contribution is 5.82. The lowest BCUT2D eigenvalue weighted by Gasteiger charge is -2.13. The summed E-state index contributed by atoms with van der Waals surface area (Å²) >= 11 is 0. The van der Waals surface area contributed by atoms with Crippen molar-refractivity contribution in [1.82, 2.24) is 10.6 Å². The van der Waals surface area contributed by atoms with Gasteiger partial charge in [-0.05, 0) is 12.8 Å². The molecule has 88 valence electrons. The summed E-state index contributed by atoms with van der Waals surface area (Å²) < 4.78 is 0. The van der Waals surface area contributed by atoms with Gasteiger partial charge in [-0.2, -0.15) is 0 Å². The van der Waals surface area contributed by atoms with Crippen molar-refractivity contribution in [3.63, 3.8) is 0 Å². The van der Waals surface area contributed by atoms with Gasteiger partial charge < -0.3 is 15.7 Å². The minimum atomic E-state index is -0.984. The van der Waals surface area contributed by atoms with Crippen LogP contribution < -0.4 is 10.6 Å². The first-order chi connectivity index (χ1) is 7.11. The Labute approximate surface area is 90.2 Å². The Morgan fingerprint density at radius 3 is 2.40 bits per heavy atom. The summed E-state index contributed by atoms with van der Waals surface area (Å²) in [5, 5.41) is 13.8. The Kier molecular flexibility index (Phi) is 7.40. The van der Waals surface area contributed by atoms with Gasteiger partial charge in [0, 0.05) is 6.54 Å². The molecule has 0 saturated carbocycles. The van der Waals surface area contributed by atoms with Gasteiger partial charge in [-0.15, -0.1) is 0 Å². The predicted molar refractivity (Wildman–Crippen MR) is 57.8 cm³/mol. The summed E-state index contributed by atoms with van der Waals surface area (Å²) in [7, 11) is 0. The van der Waals surface area contributed by atoms with Crippen molar-refractivity contribution in [3.05, 3.63) is 0 Å². The second-order valence-corrected chi connectivity index (χ2v) is 3.43. The number of nitrogens with one attached hydrogen (secondary N) is 2. The van der Waals surface area contributed by atoms with Crippen molar-refractivity contribution in [1.29, 1.82) is 0 Å². The topological polar surface area (TPSA) is 78.4 Å². The van der Waals surface area contributed by atoms with E-state index in [0.29, 0.717) is 13.0 Å². The highest BCUT2D eigenvalue weighted by Gasteiger charge is 2.17. The second-order valence-electron chi connectivity index (χ2n) is 3.43. The molecule has 0 heterocycles. The van der Waals surface area contributed by atoms with Crippen LogP contribution in [0, 0.1) is 0 Å². The summed E-state index contributed by atoms with van der Waals surface area (Å²) in [4.78, 5) is 21.9.